The van der Waals surface area contributed by atoms with Gasteiger partial charge in [-0.05, 0) is 52.2 Å². The third kappa shape index (κ3) is 6.08. The van der Waals surface area contributed by atoms with E-state index < -0.39 is 28.6 Å². The summed E-state index contributed by atoms with van der Waals surface area (Å²) in [5.74, 6) is 0.172. The van der Waals surface area contributed by atoms with Crippen molar-refractivity contribution in [2.24, 2.45) is 0 Å². The number of halogens is 1. The van der Waals surface area contributed by atoms with E-state index in [2.05, 4.69) is 88.6 Å². The Morgan fingerprint density at radius 2 is 1.71 bits per heavy atom. The molecule has 0 saturated carbocycles. The molecule has 10 heteroatoms. The van der Waals surface area contributed by atoms with Gasteiger partial charge in [-0.3, -0.25) is 4.57 Å². The van der Waals surface area contributed by atoms with Gasteiger partial charge in [0.15, 0.2) is 16.6 Å². The average molecular weight is 535 g/mol. The summed E-state index contributed by atoms with van der Waals surface area (Å²) < 4.78 is 21.7. The van der Waals surface area contributed by atoms with Gasteiger partial charge in [0, 0.05) is 12.6 Å². The smallest absolute Gasteiger partial charge is 0.351 e. The third-order valence-corrected chi connectivity index (χ3v) is 16.7. The third-order valence-electron chi connectivity index (χ3n) is 7.09. The number of aromatic nitrogens is 2. The number of hydrogen-bond donors (Lipinski definition) is 1. The minimum absolute atomic E-state index is 0.0680. The van der Waals surface area contributed by atoms with E-state index in [1.54, 1.807) is 6.20 Å². The van der Waals surface area contributed by atoms with Crippen molar-refractivity contribution in [3.63, 3.8) is 0 Å². The summed E-state index contributed by atoms with van der Waals surface area (Å²) in [4.78, 5) is 16.4. The van der Waals surface area contributed by atoms with E-state index in [0.717, 1.165) is 0 Å². The van der Waals surface area contributed by atoms with Crippen LogP contribution in [0, 0.1) is 0 Å². The molecule has 0 spiro atoms. The molecular weight excluding hydrogens is 494 g/mol. The summed E-state index contributed by atoms with van der Waals surface area (Å²) in [5.41, 5.74) is 5.34. The SMILES string of the molecule is CC(C)(C)[Si](C)(C)OC[C@H]1O[C@H](n2cc(Br)c(N)nc2=O)C[C@@H]1O[Si](C)(C)C(C)(C)C. The topological polar surface area (TPSA) is 88.6 Å². The van der Waals surface area contributed by atoms with Crippen molar-refractivity contribution < 1.29 is 13.6 Å². The normalized spacial score (nSPS) is 23.4. The molecule has 0 bridgehead atoms. The summed E-state index contributed by atoms with van der Waals surface area (Å²) in [6.45, 7) is 22.7. The number of nitrogens with zero attached hydrogens (tertiary/aromatic N) is 2. The fraction of sp³-hybridized carbons (Fsp3) is 0.810. The summed E-state index contributed by atoms with van der Waals surface area (Å²) in [5, 5.41) is 0.169. The van der Waals surface area contributed by atoms with Gasteiger partial charge < -0.3 is 19.3 Å². The fourth-order valence-electron chi connectivity index (χ4n) is 2.87. The van der Waals surface area contributed by atoms with Crippen molar-refractivity contribution in [2.75, 3.05) is 12.3 Å². The molecule has 178 valence electrons. The molecule has 7 nitrogen and oxygen atoms in total. The number of nitrogen functional groups attached to an aromatic ring is 1. The lowest BCUT2D eigenvalue weighted by molar-refractivity contribution is -0.0412. The van der Waals surface area contributed by atoms with Crippen molar-refractivity contribution in [2.45, 2.75) is 103 Å². The van der Waals surface area contributed by atoms with Crippen LogP contribution >= 0.6 is 15.9 Å². The molecule has 1 aromatic rings. The van der Waals surface area contributed by atoms with Crippen LogP contribution in [0.1, 0.15) is 54.2 Å². The molecule has 31 heavy (non-hydrogen) atoms. The van der Waals surface area contributed by atoms with E-state index in [4.69, 9.17) is 19.3 Å². The number of anilines is 1. The molecule has 1 saturated heterocycles. The second-order valence-electron chi connectivity index (χ2n) is 11.5. The largest absolute Gasteiger partial charge is 0.414 e. The molecule has 1 fully saturated rings. The summed E-state index contributed by atoms with van der Waals surface area (Å²) in [6.07, 6.45) is 1.33. The Kier molecular flexibility index (Phi) is 7.77. The number of hydrogen-bond acceptors (Lipinski definition) is 6. The Morgan fingerprint density at radius 1 is 1.16 bits per heavy atom. The van der Waals surface area contributed by atoms with E-state index in [0.29, 0.717) is 17.5 Å². The highest BCUT2D eigenvalue weighted by Gasteiger charge is 2.46. The Bertz CT molecular complexity index is 846. The first-order valence-corrected chi connectivity index (χ1v) is 17.5. The number of ether oxygens (including phenoxy) is 1. The van der Waals surface area contributed by atoms with E-state index in [9.17, 15) is 4.79 Å². The lowest BCUT2D eigenvalue weighted by atomic mass is 10.2. The van der Waals surface area contributed by atoms with Crippen LogP contribution in [0.25, 0.3) is 0 Å². The maximum Gasteiger partial charge on any atom is 0.351 e. The van der Waals surface area contributed by atoms with Crippen LogP contribution in [0.5, 0.6) is 0 Å². The van der Waals surface area contributed by atoms with Crippen LogP contribution in [0.15, 0.2) is 15.5 Å². The minimum atomic E-state index is -2.04. The van der Waals surface area contributed by atoms with Crippen molar-refractivity contribution in [1.29, 1.82) is 0 Å². The van der Waals surface area contributed by atoms with Crippen LogP contribution in [0.3, 0.4) is 0 Å². The second kappa shape index (κ2) is 9.02. The first kappa shape index (κ1) is 26.7. The first-order chi connectivity index (χ1) is 13.9. The quantitative estimate of drug-likeness (QED) is 0.499. The molecule has 2 rings (SSSR count). The highest BCUT2D eigenvalue weighted by molar-refractivity contribution is 9.10. The Labute approximate surface area is 197 Å². The van der Waals surface area contributed by atoms with E-state index >= 15 is 0 Å². The number of rotatable bonds is 6. The van der Waals surface area contributed by atoms with Gasteiger partial charge in [0.1, 0.15) is 18.1 Å². The highest BCUT2D eigenvalue weighted by atomic mass is 79.9. The van der Waals surface area contributed by atoms with Gasteiger partial charge in [-0.1, -0.05) is 41.5 Å². The van der Waals surface area contributed by atoms with Crippen molar-refractivity contribution in [3.05, 3.63) is 21.2 Å². The molecule has 0 radical (unpaired) electrons. The van der Waals surface area contributed by atoms with Crippen LogP contribution in [0.2, 0.25) is 36.3 Å². The van der Waals surface area contributed by atoms with Gasteiger partial charge in [-0.15, -0.1) is 0 Å². The van der Waals surface area contributed by atoms with Gasteiger partial charge in [0.25, 0.3) is 0 Å². The van der Waals surface area contributed by atoms with Crippen molar-refractivity contribution in [3.8, 4) is 0 Å². The zero-order chi connectivity index (χ0) is 24.0. The summed E-state index contributed by atoms with van der Waals surface area (Å²) in [6, 6.07) is 0. The lowest BCUT2D eigenvalue weighted by Crippen LogP contribution is -2.48. The number of nitrogens with two attached hydrogens (primary N) is 1. The first-order valence-electron chi connectivity index (χ1n) is 10.9. The van der Waals surface area contributed by atoms with Crippen molar-refractivity contribution in [1.82, 2.24) is 9.55 Å². The van der Waals surface area contributed by atoms with Gasteiger partial charge in [-0.25, -0.2) is 4.79 Å². The molecule has 3 atom stereocenters. The second-order valence-corrected chi connectivity index (χ2v) is 21.9. The highest BCUT2D eigenvalue weighted by Crippen LogP contribution is 2.42. The molecule has 0 aliphatic carbocycles. The molecule has 0 aromatic carbocycles. The predicted octanol–water partition coefficient (Wildman–Crippen LogP) is 5.29. The molecule has 2 N–H and O–H groups in total. The van der Waals surface area contributed by atoms with E-state index in [1.807, 2.05) is 0 Å². The molecule has 1 aliphatic rings. The minimum Gasteiger partial charge on any atom is -0.414 e. The molecule has 0 amide bonds. The van der Waals surface area contributed by atoms with Crippen molar-refractivity contribution >= 4 is 38.4 Å². The summed E-state index contributed by atoms with van der Waals surface area (Å²) in [7, 11) is -4.00. The van der Waals surface area contributed by atoms with Gasteiger partial charge in [-0.2, -0.15) is 4.98 Å². The Balaban J connectivity index is 2.31. The van der Waals surface area contributed by atoms with E-state index in [1.165, 1.54) is 4.57 Å². The van der Waals surface area contributed by atoms with Crippen LogP contribution in [-0.4, -0.2) is 45.0 Å². The molecular formula is C21H40BrN3O4Si2. The van der Waals surface area contributed by atoms with Crippen LogP contribution < -0.4 is 11.4 Å². The van der Waals surface area contributed by atoms with Crippen LogP contribution in [0.4, 0.5) is 5.82 Å². The van der Waals surface area contributed by atoms with Gasteiger partial charge >= 0.3 is 5.69 Å². The Hall–Kier alpha value is -0.526. The molecule has 1 aliphatic heterocycles. The zero-order valence-corrected chi connectivity index (χ0v) is 24.3. The average Bonchev–Trinajstić information content (AvgIpc) is 2.96. The lowest BCUT2D eigenvalue weighted by Gasteiger charge is -2.40. The van der Waals surface area contributed by atoms with E-state index in [-0.39, 0.29) is 28.1 Å². The molecule has 1 aromatic heterocycles. The maximum absolute atomic E-state index is 12.5. The standard InChI is InChI=1S/C21H40BrN3O4Si2/c1-20(2,3)30(7,8)27-13-16-15(29-31(9,10)21(4,5)6)11-17(28-16)25-12-14(22)18(23)24-19(25)26/h12,15-17H,11,13H2,1-10H3,(H2,23,24,26)/t15-,16+,17-/m0/s1. The van der Waals surface area contributed by atoms with Gasteiger partial charge in [0.05, 0.1) is 17.2 Å². The molecule has 2 heterocycles. The molecule has 0 unspecified atom stereocenters. The maximum atomic E-state index is 12.5. The monoisotopic (exact) mass is 533 g/mol. The van der Waals surface area contributed by atoms with Crippen LogP contribution in [-0.2, 0) is 13.6 Å². The predicted molar refractivity (Wildman–Crippen MR) is 134 cm³/mol. The van der Waals surface area contributed by atoms with Gasteiger partial charge in [0.2, 0.25) is 0 Å². The fourth-order valence-corrected chi connectivity index (χ4v) is 5.55. The summed E-state index contributed by atoms with van der Waals surface area (Å²) >= 11 is 3.36. The Morgan fingerprint density at radius 3 is 2.23 bits per heavy atom. The zero-order valence-electron chi connectivity index (χ0n) is 20.7.